The van der Waals surface area contributed by atoms with Crippen LogP contribution in [-0.4, -0.2) is 26.9 Å². The standard InChI is InChI=1S/C10H13N3O2S/c14-10(12-9-5-11-16-13-9)6-3-7-1-2-8(4-6)15-7/h5-8H,1-4H2,(H,12,13,14)/t6?,7-,8+. The average Bonchev–Trinajstić information content (AvgIpc) is 2.89. The van der Waals surface area contributed by atoms with Crippen molar-refractivity contribution in [2.75, 3.05) is 5.32 Å². The van der Waals surface area contributed by atoms with E-state index in [0.29, 0.717) is 18.0 Å². The van der Waals surface area contributed by atoms with E-state index in [-0.39, 0.29) is 11.8 Å². The van der Waals surface area contributed by atoms with Gasteiger partial charge in [0.1, 0.15) is 0 Å². The van der Waals surface area contributed by atoms with Crippen LogP contribution in [0.25, 0.3) is 0 Å². The van der Waals surface area contributed by atoms with Crippen molar-refractivity contribution >= 4 is 23.5 Å². The molecule has 3 rings (SSSR count). The molecule has 1 unspecified atom stereocenters. The van der Waals surface area contributed by atoms with Gasteiger partial charge in [0.15, 0.2) is 5.82 Å². The van der Waals surface area contributed by atoms with Crippen LogP contribution in [0.4, 0.5) is 5.82 Å². The van der Waals surface area contributed by atoms with Gasteiger partial charge < -0.3 is 10.1 Å². The van der Waals surface area contributed by atoms with Crippen LogP contribution < -0.4 is 5.32 Å². The first-order valence-corrected chi connectivity index (χ1v) is 6.28. The maximum absolute atomic E-state index is 12.0. The van der Waals surface area contributed by atoms with Gasteiger partial charge in [0.25, 0.3) is 0 Å². The van der Waals surface area contributed by atoms with Crippen LogP contribution in [0.5, 0.6) is 0 Å². The van der Waals surface area contributed by atoms with Crippen LogP contribution in [0, 0.1) is 5.92 Å². The van der Waals surface area contributed by atoms with E-state index in [4.69, 9.17) is 4.74 Å². The highest BCUT2D eigenvalue weighted by molar-refractivity contribution is 6.99. The zero-order valence-electron chi connectivity index (χ0n) is 8.76. The third-order valence-electron chi connectivity index (χ3n) is 3.27. The summed E-state index contributed by atoms with van der Waals surface area (Å²) in [7, 11) is 0. The van der Waals surface area contributed by atoms with Crippen molar-refractivity contribution in [2.45, 2.75) is 37.9 Å². The molecule has 2 aliphatic heterocycles. The quantitative estimate of drug-likeness (QED) is 0.848. The first kappa shape index (κ1) is 10.2. The first-order valence-electron chi connectivity index (χ1n) is 5.55. The lowest BCUT2D eigenvalue weighted by Gasteiger charge is -2.27. The monoisotopic (exact) mass is 239 g/mol. The van der Waals surface area contributed by atoms with E-state index in [0.717, 1.165) is 37.4 Å². The number of nitrogens with zero attached hydrogens (tertiary/aromatic N) is 2. The number of hydrogen-bond donors (Lipinski definition) is 1. The summed E-state index contributed by atoms with van der Waals surface area (Å²) in [6.45, 7) is 0. The van der Waals surface area contributed by atoms with Crippen molar-refractivity contribution in [1.82, 2.24) is 8.75 Å². The molecule has 1 N–H and O–H groups in total. The van der Waals surface area contributed by atoms with Gasteiger partial charge in [-0.3, -0.25) is 4.79 Å². The highest BCUT2D eigenvalue weighted by atomic mass is 32.1. The number of rotatable bonds is 2. The Morgan fingerprint density at radius 3 is 2.81 bits per heavy atom. The molecule has 6 heteroatoms. The zero-order chi connectivity index (χ0) is 11.0. The van der Waals surface area contributed by atoms with E-state index in [1.807, 2.05) is 0 Å². The maximum Gasteiger partial charge on any atom is 0.228 e. The lowest BCUT2D eigenvalue weighted by Crippen LogP contribution is -2.33. The second-order valence-corrected chi connectivity index (χ2v) is 4.96. The van der Waals surface area contributed by atoms with Gasteiger partial charge in [-0.2, -0.15) is 8.75 Å². The summed E-state index contributed by atoms with van der Waals surface area (Å²) in [6, 6.07) is 0. The summed E-state index contributed by atoms with van der Waals surface area (Å²) in [4.78, 5) is 12.0. The lowest BCUT2D eigenvalue weighted by molar-refractivity contribution is -0.125. The molecule has 3 atom stereocenters. The van der Waals surface area contributed by atoms with E-state index in [1.54, 1.807) is 6.20 Å². The smallest absolute Gasteiger partial charge is 0.228 e. The highest BCUT2D eigenvalue weighted by Crippen LogP contribution is 2.36. The summed E-state index contributed by atoms with van der Waals surface area (Å²) < 4.78 is 13.5. The average molecular weight is 239 g/mol. The van der Waals surface area contributed by atoms with Gasteiger partial charge in [-0.15, -0.1) is 0 Å². The minimum atomic E-state index is 0.0629. The molecule has 1 amide bonds. The van der Waals surface area contributed by atoms with Gasteiger partial charge in [0, 0.05) is 5.92 Å². The van der Waals surface area contributed by atoms with Gasteiger partial charge in [0.2, 0.25) is 5.91 Å². The van der Waals surface area contributed by atoms with Gasteiger partial charge in [-0.05, 0) is 25.7 Å². The molecule has 0 saturated carbocycles. The van der Waals surface area contributed by atoms with Crippen LogP contribution in [0.15, 0.2) is 6.20 Å². The molecule has 3 heterocycles. The molecule has 1 aromatic rings. The molecule has 2 saturated heterocycles. The third kappa shape index (κ3) is 1.94. The van der Waals surface area contributed by atoms with Crippen LogP contribution in [0.2, 0.25) is 0 Å². The third-order valence-corrected chi connectivity index (χ3v) is 3.75. The van der Waals surface area contributed by atoms with Crippen molar-refractivity contribution in [1.29, 1.82) is 0 Å². The number of nitrogens with one attached hydrogen (secondary N) is 1. The molecule has 0 radical (unpaired) electrons. The molecule has 0 aliphatic carbocycles. The Kier molecular flexibility index (Phi) is 2.61. The molecule has 2 bridgehead atoms. The number of anilines is 1. The summed E-state index contributed by atoms with van der Waals surface area (Å²) >= 11 is 1.10. The molecule has 0 spiro atoms. The molecule has 5 nitrogen and oxygen atoms in total. The second-order valence-electron chi connectivity index (χ2n) is 4.41. The Morgan fingerprint density at radius 1 is 1.44 bits per heavy atom. The predicted molar refractivity (Wildman–Crippen MR) is 59.2 cm³/mol. The van der Waals surface area contributed by atoms with Crippen LogP contribution >= 0.6 is 11.7 Å². The fourth-order valence-electron chi connectivity index (χ4n) is 2.52. The van der Waals surface area contributed by atoms with Crippen molar-refractivity contribution in [3.05, 3.63) is 6.20 Å². The van der Waals surface area contributed by atoms with E-state index >= 15 is 0 Å². The Labute approximate surface area is 97.5 Å². The summed E-state index contributed by atoms with van der Waals surface area (Å²) in [5.41, 5.74) is 0. The molecule has 16 heavy (non-hydrogen) atoms. The fraction of sp³-hybridized carbons (Fsp3) is 0.700. The maximum atomic E-state index is 12.0. The zero-order valence-corrected chi connectivity index (χ0v) is 9.57. The summed E-state index contributed by atoms with van der Waals surface area (Å²) in [5, 5.41) is 2.80. The number of carbonyl (C=O) groups excluding carboxylic acids is 1. The molecular weight excluding hydrogens is 226 g/mol. The number of ether oxygens (including phenoxy) is 1. The largest absolute Gasteiger partial charge is 0.375 e. The second kappa shape index (κ2) is 4.10. The molecule has 0 aromatic carbocycles. The first-order chi connectivity index (χ1) is 7.81. The number of hydrogen-bond acceptors (Lipinski definition) is 5. The summed E-state index contributed by atoms with van der Waals surface area (Å²) in [5.74, 6) is 0.703. The van der Waals surface area contributed by atoms with Gasteiger partial charge >= 0.3 is 0 Å². The van der Waals surface area contributed by atoms with Crippen LogP contribution in [0.3, 0.4) is 0 Å². The van der Waals surface area contributed by atoms with Crippen LogP contribution in [0.1, 0.15) is 25.7 Å². The van der Waals surface area contributed by atoms with Crippen LogP contribution in [-0.2, 0) is 9.53 Å². The van der Waals surface area contributed by atoms with Crippen molar-refractivity contribution in [2.24, 2.45) is 5.92 Å². The predicted octanol–water partition coefficient (Wildman–Crippen LogP) is 1.43. The molecule has 1 aromatic heterocycles. The van der Waals surface area contributed by atoms with Gasteiger partial charge in [-0.1, -0.05) is 0 Å². The Balaban J connectivity index is 1.63. The van der Waals surface area contributed by atoms with E-state index in [9.17, 15) is 4.79 Å². The fourth-order valence-corrected chi connectivity index (χ4v) is 2.89. The number of amides is 1. The van der Waals surface area contributed by atoms with E-state index in [1.165, 1.54) is 0 Å². The lowest BCUT2D eigenvalue weighted by atomic mass is 9.95. The van der Waals surface area contributed by atoms with Gasteiger partial charge in [0.05, 0.1) is 30.1 Å². The number of aromatic nitrogens is 2. The topological polar surface area (TPSA) is 64.1 Å². The molecular formula is C10H13N3O2S. The normalized spacial score (nSPS) is 32.6. The number of fused-ring (bicyclic) bond motifs is 2. The molecule has 86 valence electrons. The van der Waals surface area contributed by atoms with E-state index < -0.39 is 0 Å². The Bertz CT molecular complexity index is 369. The van der Waals surface area contributed by atoms with Crippen molar-refractivity contribution in [3.8, 4) is 0 Å². The minimum Gasteiger partial charge on any atom is -0.375 e. The highest BCUT2D eigenvalue weighted by Gasteiger charge is 2.38. The SMILES string of the molecule is O=C(Nc1cnsn1)C1C[C@H]2CC[C@@H](C1)O2. The molecule has 2 fully saturated rings. The summed E-state index contributed by atoms with van der Waals surface area (Å²) in [6.07, 6.45) is 6.07. The Hall–Kier alpha value is -1.01. The number of carbonyl (C=O) groups is 1. The van der Waals surface area contributed by atoms with Crippen molar-refractivity contribution < 1.29 is 9.53 Å². The molecule has 2 aliphatic rings. The minimum absolute atomic E-state index is 0.0629. The van der Waals surface area contributed by atoms with Gasteiger partial charge in [-0.25, -0.2) is 0 Å². The van der Waals surface area contributed by atoms with E-state index in [2.05, 4.69) is 14.1 Å². The Morgan fingerprint density at radius 2 is 2.19 bits per heavy atom. The van der Waals surface area contributed by atoms with Crippen molar-refractivity contribution in [3.63, 3.8) is 0 Å².